The predicted molar refractivity (Wildman–Crippen MR) is 135 cm³/mol. The van der Waals surface area contributed by atoms with E-state index in [-0.39, 0.29) is 10.5 Å². The lowest BCUT2D eigenvalue weighted by Gasteiger charge is -2.24. The molecular weight excluding hydrogens is 460 g/mol. The molecule has 6 rings (SSSR count). The number of nitrogens with zero attached hydrogens (tertiary/aromatic N) is 4. The Hall–Kier alpha value is -3.23. The average molecular weight is 489 g/mol. The normalized spacial score (nSPS) is 17.6. The summed E-state index contributed by atoms with van der Waals surface area (Å²) in [5.74, 6) is 0.909. The fourth-order valence-electron chi connectivity index (χ4n) is 4.87. The Balaban J connectivity index is 1.22. The highest BCUT2D eigenvalue weighted by atomic mass is 32.2. The Bertz CT molecular complexity index is 1480. The Morgan fingerprint density at radius 3 is 2.46 bits per heavy atom. The molecule has 7 nitrogen and oxygen atoms in total. The van der Waals surface area contributed by atoms with Gasteiger partial charge in [-0.25, -0.2) is 17.9 Å². The lowest BCUT2D eigenvalue weighted by Crippen LogP contribution is -2.35. The van der Waals surface area contributed by atoms with Crippen LogP contribution in [0, 0.1) is 0 Å². The molecule has 1 aliphatic heterocycles. The zero-order chi connectivity index (χ0) is 24.0. The van der Waals surface area contributed by atoms with Gasteiger partial charge in [0.15, 0.2) is 15.5 Å². The van der Waals surface area contributed by atoms with Crippen LogP contribution in [0.15, 0.2) is 72.0 Å². The van der Waals surface area contributed by atoms with E-state index in [1.165, 1.54) is 32.2 Å². The fraction of sp³-hybridized carbons (Fsp3) is 0.333. The molecule has 3 heterocycles. The molecule has 180 valence electrons. The topological polar surface area (TPSA) is 76.8 Å². The third kappa shape index (κ3) is 4.56. The summed E-state index contributed by atoms with van der Waals surface area (Å²) in [5, 5.41) is 4.47. The van der Waals surface area contributed by atoms with Crippen molar-refractivity contribution in [1.29, 1.82) is 0 Å². The van der Waals surface area contributed by atoms with Crippen molar-refractivity contribution in [3.8, 4) is 28.0 Å². The molecular formula is C27H28N4O3S. The maximum Gasteiger partial charge on any atom is 0.175 e. The van der Waals surface area contributed by atoms with E-state index in [0.29, 0.717) is 5.65 Å². The quantitative estimate of drug-likeness (QED) is 0.382. The van der Waals surface area contributed by atoms with Crippen LogP contribution < -0.4 is 4.74 Å². The second kappa shape index (κ2) is 8.46. The molecule has 4 aromatic rings. The summed E-state index contributed by atoms with van der Waals surface area (Å²) in [5.41, 5.74) is 4.21. The number of hydrogen-bond donors (Lipinski definition) is 0. The standard InChI is InChI=1S/C27H28N4O3S/c1-35(32,33)24-6-4-5-21(15-24)25-17-29-31-18-22(16-28-26(25)31)20-7-9-23(10-8-20)34-27(11-12-27)19-30-13-2-3-14-30/h4-10,15-18H,2-3,11-14,19H2,1H3. The molecule has 1 saturated carbocycles. The lowest BCUT2D eigenvalue weighted by molar-refractivity contribution is 0.126. The van der Waals surface area contributed by atoms with Crippen LogP contribution in [-0.4, -0.2) is 59.4 Å². The van der Waals surface area contributed by atoms with Gasteiger partial charge in [-0.2, -0.15) is 5.10 Å². The first kappa shape index (κ1) is 22.2. The highest BCUT2D eigenvalue weighted by molar-refractivity contribution is 7.90. The average Bonchev–Trinajstić information content (AvgIpc) is 3.21. The Kier molecular flexibility index (Phi) is 5.38. The largest absolute Gasteiger partial charge is 0.486 e. The van der Waals surface area contributed by atoms with Crippen LogP contribution >= 0.6 is 0 Å². The highest BCUT2D eigenvalue weighted by Crippen LogP contribution is 2.42. The van der Waals surface area contributed by atoms with Gasteiger partial charge in [0.2, 0.25) is 0 Å². The number of fused-ring (bicyclic) bond motifs is 1. The van der Waals surface area contributed by atoms with Crippen LogP contribution in [0.3, 0.4) is 0 Å². The summed E-state index contributed by atoms with van der Waals surface area (Å²) in [7, 11) is -3.29. The summed E-state index contributed by atoms with van der Waals surface area (Å²) in [6.07, 6.45) is 11.6. The van der Waals surface area contributed by atoms with Crippen molar-refractivity contribution in [3.63, 3.8) is 0 Å². The van der Waals surface area contributed by atoms with Gasteiger partial charge in [0.1, 0.15) is 11.4 Å². The van der Waals surface area contributed by atoms with Crippen molar-refractivity contribution in [1.82, 2.24) is 19.5 Å². The minimum Gasteiger partial charge on any atom is -0.486 e. The smallest absolute Gasteiger partial charge is 0.175 e. The molecule has 0 bridgehead atoms. The molecule has 2 aliphatic rings. The third-order valence-electron chi connectivity index (χ3n) is 6.97. The number of sulfone groups is 1. The first-order valence-electron chi connectivity index (χ1n) is 12.0. The van der Waals surface area contributed by atoms with Gasteiger partial charge in [-0.3, -0.25) is 4.90 Å². The highest BCUT2D eigenvalue weighted by Gasteiger charge is 2.47. The molecule has 0 radical (unpaired) electrons. The van der Waals surface area contributed by atoms with E-state index in [2.05, 4.69) is 27.1 Å². The van der Waals surface area contributed by atoms with Gasteiger partial charge >= 0.3 is 0 Å². The molecule has 0 unspecified atom stereocenters. The van der Waals surface area contributed by atoms with E-state index in [1.54, 1.807) is 28.9 Å². The fourth-order valence-corrected chi connectivity index (χ4v) is 5.53. The molecule has 0 amide bonds. The molecule has 2 aromatic carbocycles. The zero-order valence-electron chi connectivity index (χ0n) is 19.7. The number of hydrogen-bond acceptors (Lipinski definition) is 6. The van der Waals surface area contributed by atoms with Crippen molar-refractivity contribution in [2.75, 3.05) is 25.9 Å². The van der Waals surface area contributed by atoms with E-state index in [4.69, 9.17) is 4.74 Å². The summed E-state index contributed by atoms with van der Waals surface area (Å²) in [4.78, 5) is 7.45. The maximum absolute atomic E-state index is 12.0. The molecule has 8 heteroatoms. The predicted octanol–water partition coefficient (Wildman–Crippen LogP) is 4.47. The molecule has 35 heavy (non-hydrogen) atoms. The number of benzene rings is 2. The molecule has 0 spiro atoms. The van der Waals surface area contributed by atoms with Crippen LogP contribution in [0.25, 0.3) is 27.9 Å². The summed E-state index contributed by atoms with van der Waals surface area (Å²) >= 11 is 0. The van der Waals surface area contributed by atoms with Crippen molar-refractivity contribution in [3.05, 3.63) is 67.1 Å². The number of rotatable bonds is 7. The first-order valence-corrected chi connectivity index (χ1v) is 13.9. The van der Waals surface area contributed by atoms with E-state index in [1.807, 2.05) is 30.6 Å². The van der Waals surface area contributed by atoms with Crippen LogP contribution in [-0.2, 0) is 9.84 Å². The van der Waals surface area contributed by atoms with Gasteiger partial charge in [0.05, 0.1) is 11.1 Å². The van der Waals surface area contributed by atoms with Gasteiger partial charge in [-0.05, 0) is 74.2 Å². The number of likely N-dealkylation sites (tertiary alicyclic amines) is 1. The molecule has 2 fully saturated rings. The number of aromatic nitrogens is 3. The molecule has 2 aromatic heterocycles. The van der Waals surface area contributed by atoms with Crippen LogP contribution in [0.2, 0.25) is 0 Å². The third-order valence-corrected chi connectivity index (χ3v) is 8.08. The minimum absolute atomic E-state index is 0.00774. The van der Waals surface area contributed by atoms with E-state index in [0.717, 1.165) is 47.4 Å². The molecule has 1 saturated heterocycles. The van der Waals surface area contributed by atoms with Crippen LogP contribution in [0.1, 0.15) is 25.7 Å². The molecule has 1 aliphatic carbocycles. The maximum atomic E-state index is 12.0. The van der Waals surface area contributed by atoms with Crippen LogP contribution in [0.5, 0.6) is 5.75 Å². The zero-order valence-corrected chi connectivity index (χ0v) is 20.5. The second-order valence-electron chi connectivity index (χ2n) is 9.76. The summed E-state index contributed by atoms with van der Waals surface area (Å²) in [6.45, 7) is 3.42. The van der Waals surface area contributed by atoms with Crippen molar-refractivity contribution < 1.29 is 13.2 Å². The Morgan fingerprint density at radius 2 is 1.74 bits per heavy atom. The molecule has 0 atom stereocenters. The van der Waals surface area contributed by atoms with Crippen molar-refractivity contribution in [2.45, 2.75) is 36.2 Å². The van der Waals surface area contributed by atoms with Crippen molar-refractivity contribution in [2.24, 2.45) is 0 Å². The van der Waals surface area contributed by atoms with Gasteiger partial charge in [0, 0.05) is 36.3 Å². The van der Waals surface area contributed by atoms with Gasteiger partial charge in [-0.15, -0.1) is 0 Å². The number of ether oxygens (including phenoxy) is 1. The van der Waals surface area contributed by atoms with Gasteiger partial charge in [0.25, 0.3) is 0 Å². The lowest BCUT2D eigenvalue weighted by atomic mass is 10.1. The van der Waals surface area contributed by atoms with E-state index < -0.39 is 9.84 Å². The summed E-state index contributed by atoms with van der Waals surface area (Å²) < 4.78 is 32.0. The second-order valence-corrected chi connectivity index (χ2v) is 11.8. The van der Waals surface area contributed by atoms with E-state index in [9.17, 15) is 8.42 Å². The Labute approximate surface area is 205 Å². The van der Waals surface area contributed by atoms with Gasteiger partial charge in [-0.1, -0.05) is 24.3 Å². The monoisotopic (exact) mass is 488 g/mol. The minimum atomic E-state index is -3.29. The Morgan fingerprint density at radius 1 is 0.971 bits per heavy atom. The van der Waals surface area contributed by atoms with Crippen LogP contribution in [0.4, 0.5) is 0 Å². The summed E-state index contributed by atoms with van der Waals surface area (Å²) in [6, 6.07) is 15.1. The SMILES string of the molecule is CS(=O)(=O)c1cccc(-c2cnn3cc(-c4ccc(OC5(CN6CCCC6)CC5)cc4)cnc23)c1. The first-order chi connectivity index (χ1) is 16.9. The van der Waals surface area contributed by atoms with Crippen molar-refractivity contribution >= 4 is 15.5 Å². The van der Waals surface area contributed by atoms with E-state index >= 15 is 0 Å². The van der Waals surface area contributed by atoms with Gasteiger partial charge < -0.3 is 4.74 Å². The molecule has 0 N–H and O–H groups in total.